The van der Waals surface area contributed by atoms with E-state index in [9.17, 15) is 13.2 Å². The van der Waals surface area contributed by atoms with E-state index in [0.717, 1.165) is 57.5 Å². The molecule has 10 heteroatoms. The zero-order valence-electron chi connectivity index (χ0n) is 19.3. The van der Waals surface area contributed by atoms with Gasteiger partial charge in [0, 0.05) is 38.2 Å². The molecule has 186 valence electrons. The monoisotopic (exact) mass is 474 g/mol. The summed E-state index contributed by atoms with van der Waals surface area (Å²) >= 11 is 0. The second-order valence-electron chi connectivity index (χ2n) is 9.40. The molecule has 33 heavy (non-hydrogen) atoms. The van der Waals surface area contributed by atoms with Crippen molar-refractivity contribution in [3.05, 3.63) is 35.4 Å². The Morgan fingerprint density at radius 3 is 2.21 bits per heavy atom. The Morgan fingerprint density at radius 1 is 1.09 bits per heavy atom. The third-order valence-electron chi connectivity index (χ3n) is 6.33. The zero-order chi connectivity index (χ0) is 24.9. The van der Waals surface area contributed by atoms with Crippen LogP contribution in [-0.2, 0) is 25.9 Å². The number of rotatable bonds is 4. The van der Waals surface area contributed by atoms with E-state index in [1.165, 1.54) is 12.1 Å². The van der Waals surface area contributed by atoms with E-state index in [4.69, 9.17) is 24.5 Å². The summed E-state index contributed by atoms with van der Waals surface area (Å²) in [5, 5.41) is 14.8. The first kappa shape index (κ1) is 27.1. The highest BCUT2D eigenvalue weighted by Crippen LogP contribution is 2.45. The smallest absolute Gasteiger partial charge is 0.416 e. The number of carbonyl (C=O) groups is 2. The third kappa shape index (κ3) is 7.97. The van der Waals surface area contributed by atoms with Gasteiger partial charge in [-0.15, -0.1) is 0 Å². The fourth-order valence-electron chi connectivity index (χ4n) is 4.55. The van der Waals surface area contributed by atoms with Gasteiger partial charge in [0.2, 0.25) is 0 Å². The van der Waals surface area contributed by atoms with Crippen LogP contribution in [0.1, 0.15) is 44.2 Å². The van der Waals surface area contributed by atoms with E-state index in [2.05, 4.69) is 16.8 Å². The molecular weight excluding hydrogens is 441 g/mol. The van der Waals surface area contributed by atoms with Crippen LogP contribution in [0.2, 0.25) is 0 Å². The highest BCUT2D eigenvalue weighted by atomic mass is 19.4. The summed E-state index contributed by atoms with van der Waals surface area (Å²) in [6.07, 6.45) is -1.93. The Kier molecular flexibility index (Phi) is 8.89. The lowest BCUT2D eigenvalue weighted by atomic mass is 9.67. The number of piperazine rings is 1. The summed E-state index contributed by atoms with van der Waals surface area (Å²) in [7, 11) is 2.13. The van der Waals surface area contributed by atoms with Crippen LogP contribution in [0.4, 0.5) is 13.2 Å². The number of halogens is 3. The highest BCUT2D eigenvalue weighted by Gasteiger charge is 2.43. The van der Waals surface area contributed by atoms with Gasteiger partial charge in [-0.05, 0) is 58.3 Å². The van der Waals surface area contributed by atoms with Crippen molar-refractivity contribution < 1.29 is 37.7 Å². The van der Waals surface area contributed by atoms with Crippen LogP contribution >= 0.6 is 0 Å². The molecule has 2 saturated heterocycles. The van der Waals surface area contributed by atoms with E-state index in [1.807, 2.05) is 19.9 Å². The number of hydrogen-bond donors (Lipinski definition) is 2. The molecule has 2 N–H and O–H groups in total. The van der Waals surface area contributed by atoms with Gasteiger partial charge >= 0.3 is 18.1 Å². The standard InChI is InChI=1S/C21H31F3N2O.C2H2O4/c1-19(2)16-20(8-14-27-19,7-9-26-12-10-25(3)11-13-26)17-5-4-6-18(15-17)21(22,23)24;3-1(4)2(5)6/h4-6,15H,7-14,16H2,1-3H3;(H,3,4)(H,5,6). The van der Waals surface area contributed by atoms with Crippen molar-refractivity contribution in [2.75, 3.05) is 46.4 Å². The first-order valence-corrected chi connectivity index (χ1v) is 10.9. The molecule has 0 radical (unpaired) electrons. The van der Waals surface area contributed by atoms with Crippen molar-refractivity contribution >= 4 is 11.9 Å². The maximum atomic E-state index is 13.3. The average Bonchev–Trinajstić information content (AvgIpc) is 2.72. The third-order valence-corrected chi connectivity index (χ3v) is 6.33. The molecule has 3 rings (SSSR count). The number of carboxylic acids is 2. The molecule has 2 fully saturated rings. The summed E-state index contributed by atoms with van der Waals surface area (Å²) in [6.45, 7) is 9.74. The maximum absolute atomic E-state index is 13.3. The fourth-order valence-corrected chi connectivity index (χ4v) is 4.55. The first-order chi connectivity index (χ1) is 15.2. The molecule has 1 aromatic rings. The quantitative estimate of drug-likeness (QED) is 0.647. The van der Waals surface area contributed by atoms with Crippen molar-refractivity contribution in [1.82, 2.24) is 9.80 Å². The summed E-state index contributed by atoms with van der Waals surface area (Å²) in [4.78, 5) is 23.0. The predicted molar refractivity (Wildman–Crippen MR) is 116 cm³/mol. The van der Waals surface area contributed by atoms with Crippen LogP contribution in [-0.4, -0.2) is 83.9 Å². The Hall–Kier alpha value is -2.17. The molecule has 0 aromatic heterocycles. The second-order valence-corrected chi connectivity index (χ2v) is 9.40. The molecule has 0 saturated carbocycles. The molecule has 2 heterocycles. The molecule has 1 aromatic carbocycles. The molecule has 2 aliphatic heterocycles. The second kappa shape index (κ2) is 10.8. The molecule has 0 amide bonds. The predicted octanol–water partition coefficient (Wildman–Crippen LogP) is 3.33. The number of hydrogen-bond acceptors (Lipinski definition) is 5. The fraction of sp³-hybridized carbons (Fsp3) is 0.652. The van der Waals surface area contributed by atoms with E-state index in [1.54, 1.807) is 6.07 Å². The van der Waals surface area contributed by atoms with Crippen LogP contribution in [0, 0.1) is 0 Å². The Morgan fingerprint density at radius 2 is 1.70 bits per heavy atom. The number of benzene rings is 1. The molecule has 0 aliphatic carbocycles. The zero-order valence-corrected chi connectivity index (χ0v) is 19.3. The number of alkyl halides is 3. The number of ether oxygens (including phenoxy) is 1. The number of nitrogens with zero attached hydrogens (tertiary/aromatic N) is 2. The molecule has 1 unspecified atom stereocenters. The molecule has 7 nitrogen and oxygen atoms in total. The maximum Gasteiger partial charge on any atom is 0.416 e. The average molecular weight is 475 g/mol. The van der Waals surface area contributed by atoms with Crippen LogP contribution in [0.3, 0.4) is 0 Å². The molecule has 0 spiro atoms. The van der Waals surface area contributed by atoms with Gasteiger partial charge in [0.15, 0.2) is 0 Å². The van der Waals surface area contributed by atoms with Gasteiger partial charge < -0.3 is 24.7 Å². The lowest BCUT2D eigenvalue weighted by Gasteiger charge is -2.46. The van der Waals surface area contributed by atoms with E-state index < -0.39 is 23.7 Å². The Labute approximate surface area is 192 Å². The lowest BCUT2D eigenvalue weighted by Crippen LogP contribution is -2.48. The van der Waals surface area contributed by atoms with Crippen LogP contribution in [0.15, 0.2) is 24.3 Å². The Bertz CT molecular complexity index is 811. The SMILES string of the molecule is CN1CCN(CCC2(c3cccc(C(F)(F)F)c3)CCOC(C)(C)C2)CC1.O=C(O)C(=O)O. The van der Waals surface area contributed by atoms with Crippen LogP contribution < -0.4 is 0 Å². The van der Waals surface area contributed by atoms with Crippen molar-refractivity contribution in [3.63, 3.8) is 0 Å². The highest BCUT2D eigenvalue weighted by molar-refractivity contribution is 6.27. The van der Waals surface area contributed by atoms with Crippen LogP contribution in [0.25, 0.3) is 0 Å². The summed E-state index contributed by atoms with van der Waals surface area (Å²) in [5.74, 6) is -3.65. The van der Waals surface area contributed by atoms with Gasteiger partial charge in [0.25, 0.3) is 0 Å². The number of aliphatic carboxylic acids is 2. The van der Waals surface area contributed by atoms with E-state index in [-0.39, 0.29) is 11.0 Å². The lowest BCUT2D eigenvalue weighted by molar-refractivity contribution is -0.159. The minimum Gasteiger partial charge on any atom is -0.473 e. The largest absolute Gasteiger partial charge is 0.473 e. The summed E-state index contributed by atoms with van der Waals surface area (Å²) < 4.78 is 45.8. The minimum atomic E-state index is -4.31. The van der Waals surface area contributed by atoms with Gasteiger partial charge in [-0.1, -0.05) is 18.2 Å². The van der Waals surface area contributed by atoms with Gasteiger partial charge in [0.05, 0.1) is 11.2 Å². The molecule has 0 bridgehead atoms. The molecular formula is C23H33F3N2O5. The van der Waals surface area contributed by atoms with Crippen molar-refractivity contribution in [3.8, 4) is 0 Å². The minimum absolute atomic E-state index is 0.271. The normalized spacial score (nSPS) is 23.9. The topological polar surface area (TPSA) is 90.3 Å². The van der Waals surface area contributed by atoms with E-state index >= 15 is 0 Å². The Balaban J connectivity index is 0.000000569. The number of carboxylic acid groups (broad SMARTS) is 2. The van der Waals surface area contributed by atoms with E-state index in [0.29, 0.717) is 6.61 Å². The summed E-state index contributed by atoms with van der Waals surface area (Å²) in [6, 6.07) is 5.96. The van der Waals surface area contributed by atoms with Crippen molar-refractivity contribution in [2.45, 2.75) is 50.3 Å². The van der Waals surface area contributed by atoms with Crippen molar-refractivity contribution in [1.29, 1.82) is 0 Å². The number of likely N-dealkylation sites (N-methyl/N-ethyl adjacent to an activating group) is 1. The van der Waals surface area contributed by atoms with Gasteiger partial charge in [-0.2, -0.15) is 13.2 Å². The van der Waals surface area contributed by atoms with Gasteiger partial charge in [-0.25, -0.2) is 9.59 Å². The van der Waals surface area contributed by atoms with Gasteiger partial charge in [-0.3, -0.25) is 0 Å². The van der Waals surface area contributed by atoms with Crippen molar-refractivity contribution in [2.24, 2.45) is 0 Å². The van der Waals surface area contributed by atoms with Gasteiger partial charge in [0.1, 0.15) is 0 Å². The first-order valence-electron chi connectivity index (χ1n) is 10.9. The summed E-state index contributed by atoms with van der Waals surface area (Å²) in [5.41, 5.74) is -0.341. The molecule has 2 aliphatic rings. The molecule has 1 atom stereocenters. The van der Waals surface area contributed by atoms with Crippen LogP contribution in [0.5, 0.6) is 0 Å².